The molecule has 2 aromatic heterocycles. The van der Waals surface area contributed by atoms with Gasteiger partial charge in [-0.25, -0.2) is 9.67 Å². The third kappa shape index (κ3) is 4.24. The number of fused-ring (bicyclic) bond motifs is 1. The fraction of sp³-hybridized carbons (Fsp3) is 0.462. The highest BCUT2D eigenvalue weighted by molar-refractivity contribution is 6.13. The SMILES string of the molecule is COc1ccc(NC(=O)c2cc(C(C)C)nc3c2c(C)nn3C(C)(C)C)cc1N1CCCC1=O. The minimum absolute atomic E-state index is 0.0596. The number of methoxy groups -OCH3 is 1. The highest BCUT2D eigenvalue weighted by Crippen LogP contribution is 2.35. The molecule has 0 radical (unpaired) electrons. The van der Waals surface area contributed by atoms with Crippen LogP contribution in [0.1, 0.15) is 75.1 Å². The lowest BCUT2D eigenvalue weighted by Crippen LogP contribution is -2.24. The van der Waals surface area contributed by atoms with Gasteiger partial charge in [0, 0.05) is 24.3 Å². The van der Waals surface area contributed by atoms with Crippen LogP contribution in [0.3, 0.4) is 0 Å². The molecule has 0 atom stereocenters. The van der Waals surface area contributed by atoms with E-state index in [-0.39, 0.29) is 23.3 Å². The van der Waals surface area contributed by atoms with E-state index in [1.807, 2.05) is 17.7 Å². The van der Waals surface area contributed by atoms with Crippen molar-refractivity contribution in [1.29, 1.82) is 0 Å². The quantitative estimate of drug-likeness (QED) is 0.575. The van der Waals surface area contributed by atoms with Gasteiger partial charge in [0.05, 0.1) is 35.0 Å². The van der Waals surface area contributed by atoms with Gasteiger partial charge >= 0.3 is 0 Å². The van der Waals surface area contributed by atoms with Crippen LogP contribution in [-0.2, 0) is 10.3 Å². The van der Waals surface area contributed by atoms with Gasteiger partial charge in [0.2, 0.25) is 5.91 Å². The molecule has 34 heavy (non-hydrogen) atoms. The lowest BCUT2D eigenvalue weighted by atomic mass is 10.0. The Morgan fingerprint density at radius 3 is 2.53 bits per heavy atom. The van der Waals surface area contributed by atoms with Crippen molar-refractivity contribution >= 4 is 34.2 Å². The average molecular weight is 464 g/mol. The van der Waals surface area contributed by atoms with Crippen molar-refractivity contribution in [2.75, 3.05) is 23.9 Å². The molecule has 0 bridgehead atoms. The normalized spacial score (nSPS) is 14.4. The van der Waals surface area contributed by atoms with E-state index in [4.69, 9.17) is 14.8 Å². The number of aryl methyl sites for hydroxylation is 1. The Hall–Kier alpha value is -3.42. The maximum Gasteiger partial charge on any atom is 0.256 e. The molecule has 1 fully saturated rings. The number of pyridine rings is 1. The number of hydrogen-bond acceptors (Lipinski definition) is 5. The molecule has 0 saturated carbocycles. The summed E-state index contributed by atoms with van der Waals surface area (Å²) in [6.07, 6.45) is 1.33. The summed E-state index contributed by atoms with van der Waals surface area (Å²) >= 11 is 0. The number of nitrogens with one attached hydrogen (secondary N) is 1. The number of carbonyl (C=O) groups excluding carboxylic acids is 2. The van der Waals surface area contributed by atoms with Crippen molar-refractivity contribution < 1.29 is 14.3 Å². The van der Waals surface area contributed by atoms with Gasteiger partial charge in [0.1, 0.15) is 5.75 Å². The molecule has 1 saturated heterocycles. The maximum atomic E-state index is 13.6. The molecule has 1 aromatic carbocycles. The molecule has 4 rings (SSSR count). The standard InChI is InChI=1S/C26H33N5O3/c1-15(2)19-14-18(23-16(3)29-31(24(23)28-19)26(4,5)6)25(33)27-17-10-11-21(34-7)20(13-17)30-12-8-9-22(30)32/h10-11,13-15H,8-9,12H2,1-7H3,(H,27,33). The first-order valence-electron chi connectivity index (χ1n) is 11.7. The molecular formula is C26H33N5O3. The van der Waals surface area contributed by atoms with Gasteiger partial charge in [-0.15, -0.1) is 0 Å². The molecule has 8 heteroatoms. The Bertz CT molecular complexity index is 1270. The molecule has 1 N–H and O–H groups in total. The maximum absolute atomic E-state index is 13.6. The van der Waals surface area contributed by atoms with Crippen molar-refractivity contribution in [2.24, 2.45) is 0 Å². The van der Waals surface area contributed by atoms with E-state index in [0.29, 0.717) is 41.3 Å². The Morgan fingerprint density at radius 2 is 1.94 bits per heavy atom. The molecule has 3 aromatic rings. The lowest BCUT2D eigenvalue weighted by Gasteiger charge is -2.21. The van der Waals surface area contributed by atoms with Gasteiger partial charge in [0.25, 0.3) is 5.91 Å². The van der Waals surface area contributed by atoms with E-state index in [1.165, 1.54) is 0 Å². The number of ether oxygens (including phenoxy) is 1. The molecule has 1 aliphatic rings. The third-order valence-corrected chi connectivity index (χ3v) is 6.11. The van der Waals surface area contributed by atoms with Crippen molar-refractivity contribution in [3.63, 3.8) is 0 Å². The Kier molecular flexibility index (Phi) is 6.10. The zero-order chi connectivity index (χ0) is 24.8. The molecule has 1 aliphatic heterocycles. The van der Waals surface area contributed by atoms with Crippen LogP contribution in [0.15, 0.2) is 24.3 Å². The minimum Gasteiger partial charge on any atom is -0.495 e. The summed E-state index contributed by atoms with van der Waals surface area (Å²) in [5.74, 6) is 0.566. The van der Waals surface area contributed by atoms with Crippen LogP contribution in [0.5, 0.6) is 5.75 Å². The van der Waals surface area contributed by atoms with Gasteiger partial charge in [-0.05, 0) is 64.3 Å². The van der Waals surface area contributed by atoms with Crippen LogP contribution >= 0.6 is 0 Å². The van der Waals surface area contributed by atoms with Crippen LogP contribution < -0.4 is 15.0 Å². The molecule has 0 unspecified atom stereocenters. The van der Waals surface area contributed by atoms with Crippen molar-refractivity contribution in [3.8, 4) is 5.75 Å². The number of rotatable bonds is 5. The zero-order valence-corrected chi connectivity index (χ0v) is 21.0. The molecule has 180 valence electrons. The zero-order valence-electron chi connectivity index (χ0n) is 21.0. The van der Waals surface area contributed by atoms with E-state index in [0.717, 1.165) is 23.2 Å². The number of carbonyl (C=O) groups is 2. The summed E-state index contributed by atoms with van der Waals surface area (Å²) in [7, 11) is 1.58. The molecule has 3 heterocycles. The number of hydrogen-bond donors (Lipinski definition) is 1. The third-order valence-electron chi connectivity index (χ3n) is 6.11. The number of amides is 2. The van der Waals surface area contributed by atoms with Gasteiger partial charge < -0.3 is 15.0 Å². The first-order valence-corrected chi connectivity index (χ1v) is 11.7. The van der Waals surface area contributed by atoms with Crippen LogP contribution in [0.25, 0.3) is 11.0 Å². The first kappa shape index (κ1) is 23.7. The summed E-state index contributed by atoms with van der Waals surface area (Å²) in [5, 5.41) is 8.50. The Labute approximate surface area is 200 Å². The molecule has 8 nitrogen and oxygen atoms in total. The second kappa shape index (κ2) is 8.74. The summed E-state index contributed by atoms with van der Waals surface area (Å²) in [4.78, 5) is 32.5. The summed E-state index contributed by atoms with van der Waals surface area (Å²) < 4.78 is 7.37. The van der Waals surface area contributed by atoms with Crippen molar-refractivity contribution in [2.45, 2.75) is 65.8 Å². The second-order valence-electron chi connectivity index (χ2n) is 10.1. The summed E-state index contributed by atoms with van der Waals surface area (Å²) in [6.45, 7) is 12.9. The monoisotopic (exact) mass is 463 g/mol. The van der Waals surface area contributed by atoms with Crippen molar-refractivity contribution in [3.05, 3.63) is 41.2 Å². The van der Waals surface area contributed by atoms with Gasteiger partial charge in [0.15, 0.2) is 5.65 Å². The summed E-state index contributed by atoms with van der Waals surface area (Å²) in [6, 6.07) is 7.22. The molecule has 2 amide bonds. The van der Waals surface area contributed by atoms with E-state index in [1.54, 1.807) is 30.2 Å². The van der Waals surface area contributed by atoms with E-state index in [2.05, 4.69) is 39.9 Å². The Morgan fingerprint density at radius 1 is 1.21 bits per heavy atom. The van der Waals surface area contributed by atoms with Crippen LogP contribution in [0.2, 0.25) is 0 Å². The van der Waals surface area contributed by atoms with E-state index in [9.17, 15) is 9.59 Å². The van der Waals surface area contributed by atoms with Crippen molar-refractivity contribution in [1.82, 2.24) is 14.8 Å². The lowest BCUT2D eigenvalue weighted by molar-refractivity contribution is -0.117. The second-order valence-corrected chi connectivity index (χ2v) is 10.1. The fourth-order valence-corrected chi connectivity index (χ4v) is 4.33. The largest absolute Gasteiger partial charge is 0.495 e. The Balaban J connectivity index is 1.78. The van der Waals surface area contributed by atoms with Crippen LogP contribution in [0, 0.1) is 6.92 Å². The number of nitrogens with zero attached hydrogens (tertiary/aromatic N) is 4. The highest BCUT2D eigenvalue weighted by atomic mass is 16.5. The smallest absolute Gasteiger partial charge is 0.256 e. The van der Waals surface area contributed by atoms with E-state index >= 15 is 0 Å². The minimum atomic E-state index is -0.282. The topological polar surface area (TPSA) is 89.3 Å². The first-order chi connectivity index (χ1) is 16.0. The molecule has 0 aliphatic carbocycles. The number of benzene rings is 1. The predicted octanol–water partition coefficient (Wildman–Crippen LogP) is 5.01. The van der Waals surface area contributed by atoms with Gasteiger partial charge in [-0.3, -0.25) is 9.59 Å². The summed E-state index contributed by atoms with van der Waals surface area (Å²) in [5.41, 5.74) is 3.82. The van der Waals surface area contributed by atoms with Crippen LogP contribution in [-0.4, -0.2) is 40.2 Å². The van der Waals surface area contributed by atoms with E-state index < -0.39 is 0 Å². The van der Waals surface area contributed by atoms with Crippen LogP contribution in [0.4, 0.5) is 11.4 Å². The fourth-order valence-electron chi connectivity index (χ4n) is 4.33. The predicted molar refractivity (Wildman–Crippen MR) is 134 cm³/mol. The number of aromatic nitrogens is 3. The number of anilines is 2. The van der Waals surface area contributed by atoms with Gasteiger partial charge in [-0.1, -0.05) is 13.8 Å². The van der Waals surface area contributed by atoms with Gasteiger partial charge in [-0.2, -0.15) is 5.10 Å². The molecule has 0 spiro atoms. The molecular weight excluding hydrogens is 430 g/mol. The average Bonchev–Trinajstić information content (AvgIpc) is 3.35. The highest BCUT2D eigenvalue weighted by Gasteiger charge is 2.27.